The fraction of sp³-hybridized carbons (Fsp3) is 0.0769. The van der Waals surface area contributed by atoms with Gasteiger partial charge in [0, 0.05) is 11.1 Å². The van der Waals surface area contributed by atoms with Crippen LogP contribution in [0, 0.1) is 11.6 Å². The number of hydrogen-bond donors (Lipinski definition) is 0. The summed E-state index contributed by atoms with van der Waals surface area (Å²) in [5.74, 6) is -1.30. The monoisotopic (exact) mass is 524 g/mol. The topological polar surface area (TPSA) is 74.8 Å². The third-order valence-electron chi connectivity index (χ3n) is 6.50. The van der Waals surface area contributed by atoms with Gasteiger partial charge >= 0.3 is 0 Å². The van der Waals surface area contributed by atoms with Crippen LogP contribution in [0.15, 0.2) is 107 Å². The minimum absolute atomic E-state index is 0.0248. The number of sulfonamides is 2. The average molecular weight is 525 g/mol. The van der Waals surface area contributed by atoms with E-state index in [1.807, 2.05) is 0 Å². The van der Waals surface area contributed by atoms with Crippen LogP contribution in [0.4, 0.5) is 20.2 Å². The number of anilines is 2. The van der Waals surface area contributed by atoms with E-state index in [2.05, 4.69) is 0 Å². The highest BCUT2D eigenvalue weighted by Crippen LogP contribution is 2.61. The van der Waals surface area contributed by atoms with Gasteiger partial charge in [0.25, 0.3) is 20.0 Å². The van der Waals surface area contributed by atoms with Crippen molar-refractivity contribution >= 4 is 31.4 Å². The van der Waals surface area contributed by atoms with Crippen molar-refractivity contribution in [1.82, 2.24) is 0 Å². The van der Waals surface area contributed by atoms with E-state index in [-0.39, 0.29) is 32.3 Å². The Morgan fingerprint density at radius 1 is 0.528 bits per heavy atom. The van der Waals surface area contributed by atoms with E-state index in [4.69, 9.17) is 0 Å². The minimum Gasteiger partial charge on any atom is -0.256 e. The van der Waals surface area contributed by atoms with Crippen molar-refractivity contribution in [1.29, 1.82) is 0 Å². The molecule has 0 amide bonds. The lowest BCUT2D eigenvalue weighted by Gasteiger charge is -2.28. The Morgan fingerprint density at radius 3 is 1.25 bits per heavy atom. The molecule has 0 aromatic heterocycles. The SMILES string of the molecule is O=S(=O)(c1ccccc1)N1c2ccc(F)cc2[C@H]2[C@@H]1c1cc(F)ccc1N2S(=O)(=O)c1ccccc1. The van der Waals surface area contributed by atoms with Crippen molar-refractivity contribution in [2.75, 3.05) is 8.61 Å². The van der Waals surface area contributed by atoms with E-state index in [1.54, 1.807) is 36.4 Å². The second-order valence-corrected chi connectivity index (χ2v) is 12.2. The zero-order chi connectivity index (χ0) is 25.2. The first-order valence-electron chi connectivity index (χ1n) is 11.0. The second-order valence-electron chi connectivity index (χ2n) is 8.52. The van der Waals surface area contributed by atoms with E-state index >= 15 is 0 Å². The van der Waals surface area contributed by atoms with E-state index in [1.165, 1.54) is 36.4 Å². The molecule has 0 fully saturated rings. The molecule has 6 rings (SSSR count). The van der Waals surface area contributed by atoms with Gasteiger partial charge in [-0.05, 0) is 60.7 Å². The molecular weight excluding hydrogens is 506 g/mol. The van der Waals surface area contributed by atoms with Crippen molar-refractivity contribution in [2.24, 2.45) is 0 Å². The zero-order valence-electron chi connectivity index (χ0n) is 18.5. The highest BCUT2D eigenvalue weighted by molar-refractivity contribution is 7.93. The Balaban J connectivity index is 1.65. The van der Waals surface area contributed by atoms with Crippen molar-refractivity contribution in [3.8, 4) is 0 Å². The molecule has 6 nitrogen and oxygen atoms in total. The largest absolute Gasteiger partial charge is 0.264 e. The van der Waals surface area contributed by atoms with Crippen LogP contribution in [0.3, 0.4) is 0 Å². The zero-order valence-corrected chi connectivity index (χ0v) is 20.1. The molecule has 4 aromatic carbocycles. The molecule has 0 bridgehead atoms. The lowest BCUT2D eigenvalue weighted by Crippen LogP contribution is -2.36. The molecule has 0 unspecified atom stereocenters. The standard InChI is InChI=1S/C26H18F2N2O4S2/c27-17-11-13-23-21(15-17)26-25(29(23)35(31,32)19-7-3-1-4-8-19)22-16-18(28)12-14-24(22)30(26)36(33,34)20-9-5-2-6-10-20/h1-16,25-26H/t25-,26-/m0/s1. The Hall–Kier alpha value is -3.76. The van der Waals surface area contributed by atoms with Crippen LogP contribution in [0.2, 0.25) is 0 Å². The molecule has 2 aliphatic rings. The van der Waals surface area contributed by atoms with Crippen LogP contribution in [0.5, 0.6) is 0 Å². The van der Waals surface area contributed by atoms with Crippen LogP contribution in [0.1, 0.15) is 23.2 Å². The molecule has 182 valence electrons. The van der Waals surface area contributed by atoms with Gasteiger partial charge < -0.3 is 0 Å². The molecule has 2 aliphatic heterocycles. The summed E-state index contributed by atoms with van der Waals surface area (Å²) < 4.78 is 86.9. The summed E-state index contributed by atoms with van der Waals surface area (Å²) in [6, 6.07) is 20.2. The van der Waals surface area contributed by atoms with Gasteiger partial charge in [-0.15, -0.1) is 0 Å². The summed E-state index contributed by atoms with van der Waals surface area (Å²) in [6.45, 7) is 0. The Bertz CT molecular complexity index is 1580. The number of rotatable bonds is 4. The van der Waals surface area contributed by atoms with Crippen LogP contribution in [-0.4, -0.2) is 16.8 Å². The molecule has 10 heteroatoms. The molecule has 0 spiro atoms. The van der Waals surface area contributed by atoms with Crippen LogP contribution >= 0.6 is 0 Å². The minimum atomic E-state index is -4.24. The van der Waals surface area contributed by atoms with Crippen molar-refractivity contribution in [3.63, 3.8) is 0 Å². The highest BCUT2D eigenvalue weighted by atomic mass is 32.2. The maximum Gasteiger partial charge on any atom is 0.264 e. The van der Waals surface area contributed by atoms with Gasteiger partial charge in [0.1, 0.15) is 11.6 Å². The first-order chi connectivity index (χ1) is 17.2. The van der Waals surface area contributed by atoms with E-state index in [9.17, 15) is 25.6 Å². The smallest absolute Gasteiger partial charge is 0.256 e. The van der Waals surface area contributed by atoms with Gasteiger partial charge in [0.15, 0.2) is 0 Å². The van der Waals surface area contributed by atoms with Crippen molar-refractivity contribution < 1.29 is 25.6 Å². The fourth-order valence-electron chi connectivity index (χ4n) is 5.04. The molecule has 0 N–H and O–H groups in total. The number of benzene rings is 4. The third kappa shape index (κ3) is 3.17. The third-order valence-corrected chi connectivity index (χ3v) is 10.1. The Labute approximate surface area is 207 Å². The molecule has 4 aromatic rings. The van der Waals surface area contributed by atoms with E-state index in [0.717, 1.165) is 32.9 Å². The van der Waals surface area contributed by atoms with Crippen molar-refractivity contribution in [2.45, 2.75) is 21.9 Å². The maximum atomic E-state index is 14.5. The molecule has 36 heavy (non-hydrogen) atoms. The molecule has 2 heterocycles. The first kappa shape index (κ1) is 22.7. The van der Waals surface area contributed by atoms with E-state index < -0.39 is 43.8 Å². The van der Waals surface area contributed by atoms with Crippen LogP contribution < -0.4 is 8.61 Å². The van der Waals surface area contributed by atoms with Crippen LogP contribution in [-0.2, 0) is 20.0 Å². The quantitative estimate of drug-likeness (QED) is 0.370. The maximum absolute atomic E-state index is 14.5. The molecular formula is C26H18F2N2O4S2. The van der Waals surface area contributed by atoms with Gasteiger partial charge in [-0.3, -0.25) is 8.61 Å². The summed E-state index contributed by atoms with van der Waals surface area (Å²) in [7, 11) is -8.48. The molecule has 0 saturated heterocycles. The molecule has 0 saturated carbocycles. The normalized spacial score (nSPS) is 18.6. The van der Waals surface area contributed by atoms with Gasteiger partial charge in [0.2, 0.25) is 0 Å². The summed E-state index contributed by atoms with van der Waals surface area (Å²) in [5.41, 5.74) is 0.628. The number of fused-ring (bicyclic) bond motifs is 5. The van der Waals surface area contributed by atoms with Crippen LogP contribution in [0.25, 0.3) is 0 Å². The van der Waals surface area contributed by atoms with Gasteiger partial charge in [-0.1, -0.05) is 36.4 Å². The van der Waals surface area contributed by atoms with Gasteiger partial charge in [0.05, 0.1) is 33.2 Å². The lowest BCUT2D eigenvalue weighted by molar-refractivity contribution is 0.557. The highest BCUT2D eigenvalue weighted by Gasteiger charge is 2.56. The summed E-state index contributed by atoms with van der Waals surface area (Å²) in [4.78, 5) is -0.0495. The predicted octanol–water partition coefficient (Wildman–Crippen LogP) is 5.17. The van der Waals surface area contributed by atoms with Crippen molar-refractivity contribution in [3.05, 3.63) is 120 Å². The second kappa shape index (κ2) is 7.87. The Kier molecular flexibility index (Phi) is 4.96. The molecule has 0 radical (unpaired) electrons. The number of nitrogens with zero attached hydrogens (tertiary/aromatic N) is 2. The number of halogens is 2. The molecule has 2 atom stereocenters. The molecule has 0 aliphatic carbocycles. The predicted molar refractivity (Wildman–Crippen MR) is 130 cm³/mol. The average Bonchev–Trinajstić information content (AvgIpc) is 3.37. The summed E-state index contributed by atoms with van der Waals surface area (Å²) in [6.07, 6.45) is 0. The summed E-state index contributed by atoms with van der Waals surface area (Å²) >= 11 is 0. The van der Waals surface area contributed by atoms with Gasteiger partial charge in [-0.25, -0.2) is 25.6 Å². The summed E-state index contributed by atoms with van der Waals surface area (Å²) in [5, 5.41) is 0. The number of hydrogen-bond acceptors (Lipinski definition) is 4. The first-order valence-corrected chi connectivity index (χ1v) is 13.9. The van der Waals surface area contributed by atoms with E-state index in [0.29, 0.717) is 0 Å². The lowest BCUT2D eigenvalue weighted by atomic mass is 10.0. The van der Waals surface area contributed by atoms with Gasteiger partial charge in [-0.2, -0.15) is 0 Å². The fourth-order valence-corrected chi connectivity index (χ4v) is 8.41. The Morgan fingerprint density at radius 2 is 0.889 bits per heavy atom.